The first-order valence-corrected chi connectivity index (χ1v) is 20.5. The first-order chi connectivity index (χ1) is 23.2. The maximum Gasteiger partial charge on any atom is 0.293 e. The molecule has 2 rings (SSSR count). The summed E-state index contributed by atoms with van der Waals surface area (Å²) in [4.78, 5) is 22.4. The Morgan fingerprint density at radius 2 is 1.09 bits per heavy atom. The van der Waals surface area contributed by atoms with Crippen LogP contribution in [0.4, 0.5) is 0 Å². The monoisotopic (exact) mass is 668 g/mol. The molecule has 0 bridgehead atoms. The molecule has 280 valence electrons. The lowest BCUT2D eigenvalue weighted by Crippen LogP contribution is -2.29. The lowest BCUT2D eigenvalue weighted by molar-refractivity contribution is -0.128. The van der Waals surface area contributed by atoms with E-state index < -0.39 is 0 Å². The van der Waals surface area contributed by atoms with Gasteiger partial charge in [-0.15, -0.1) is 0 Å². The molecule has 47 heavy (non-hydrogen) atoms. The Hall–Kier alpha value is -0.980. The van der Waals surface area contributed by atoms with Gasteiger partial charge in [-0.25, -0.2) is 0 Å². The molecule has 0 amide bonds. The summed E-state index contributed by atoms with van der Waals surface area (Å²) in [5.41, 5.74) is 0. The van der Waals surface area contributed by atoms with Crippen molar-refractivity contribution in [1.82, 2.24) is 4.90 Å². The second kappa shape index (κ2) is 37.8. The van der Waals surface area contributed by atoms with Crippen LogP contribution in [0.15, 0.2) is 0 Å². The van der Waals surface area contributed by atoms with Gasteiger partial charge in [-0.1, -0.05) is 136 Å². The second-order valence-electron chi connectivity index (χ2n) is 14.3. The van der Waals surface area contributed by atoms with Crippen LogP contribution in [0.5, 0.6) is 0 Å². The van der Waals surface area contributed by atoms with Gasteiger partial charge in [0.2, 0.25) is 0 Å². The normalized spacial score (nSPS) is 18.1. The molecule has 0 heterocycles. The number of rotatable bonds is 28. The molecule has 6 heteroatoms. The van der Waals surface area contributed by atoms with Gasteiger partial charge in [0.15, 0.2) is 0 Å². The number of methoxy groups -OCH3 is 1. The first-order valence-electron chi connectivity index (χ1n) is 20.5. The van der Waals surface area contributed by atoms with Gasteiger partial charge in [-0.05, 0) is 76.3 Å². The van der Waals surface area contributed by atoms with E-state index >= 15 is 0 Å². The highest BCUT2D eigenvalue weighted by molar-refractivity contribution is 5.48. The van der Waals surface area contributed by atoms with Crippen LogP contribution in [-0.2, 0) is 19.1 Å². The molecule has 0 spiro atoms. The quantitative estimate of drug-likeness (QED) is 0.0661. The van der Waals surface area contributed by atoms with Crippen molar-refractivity contribution in [3.63, 3.8) is 0 Å². The Morgan fingerprint density at radius 1 is 0.596 bits per heavy atom. The van der Waals surface area contributed by atoms with Gasteiger partial charge < -0.3 is 24.3 Å². The second-order valence-corrected chi connectivity index (χ2v) is 14.3. The lowest BCUT2D eigenvalue weighted by atomic mass is 9.73. The summed E-state index contributed by atoms with van der Waals surface area (Å²) in [6.45, 7) is 8.94. The van der Waals surface area contributed by atoms with Crippen molar-refractivity contribution in [2.75, 3.05) is 40.0 Å². The zero-order valence-corrected chi connectivity index (χ0v) is 31.7. The first kappa shape index (κ1) is 46.0. The van der Waals surface area contributed by atoms with Crippen LogP contribution in [0.25, 0.3) is 0 Å². The number of hydrogen-bond acceptors (Lipinski definition) is 6. The van der Waals surface area contributed by atoms with Crippen molar-refractivity contribution in [3.8, 4) is 0 Å². The highest BCUT2D eigenvalue weighted by atomic mass is 16.5. The summed E-state index contributed by atoms with van der Waals surface area (Å²) in [7, 11) is 1.87. The molecule has 2 saturated carbocycles. The molecule has 2 fully saturated rings. The number of aliphatic hydroxyl groups is 1. The van der Waals surface area contributed by atoms with Crippen LogP contribution in [0.1, 0.15) is 194 Å². The Balaban J connectivity index is 0.000000708. The number of carbonyl (C=O) groups excluding carboxylic acids is 2. The maximum atomic E-state index is 10.2. The molecular weight excluding hydrogens is 586 g/mol. The minimum absolute atomic E-state index is 0.273. The molecule has 0 aromatic heterocycles. The van der Waals surface area contributed by atoms with E-state index in [0.29, 0.717) is 25.6 Å². The summed E-state index contributed by atoms with van der Waals surface area (Å²) in [5, 5.41) is 9.13. The van der Waals surface area contributed by atoms with Gasteiger partial charge in [-0.2, -0.15) is 0 Å². The number of nitrogens with zero attached hydrogens (tertiary/aromatic N) is 1. The molecule has 0 radical (unpaired) electrons. The van der Waals surface area contributed by atoms with E-state index in [1.54, 1.807) is 0 Å². The van der Waals surface area contributed by atoms with Crippen LogP contribution in [-0.4, -0.2) is 68.8 Å². The summed E-state index contributed by atoms with van der Waals surface area (Å²) in [6.07, 6.45) is 38.1. The summed E-state index contributed by atoms with van der Waals surface area (Å²) in [6, 6.07) is 0. The largest absolute Gasteiger partial charge is 0.468 e. The van der Waals surface area contributed by atoms with Crippen LogP contribution in [0.2, 0.25) is 0 Å². The van der Waals surface area contributed by atoms with Gasteiger partial charge in [0.05, 0.1) is 19.3 Å². The fourth-order valence-corrected chi connectivity index (χ4v) is 7.28. The van der Waals surface area contributed by atoms with Crippen molar-refractivity contribution in [2.45, 2.75) is 200 Å². The molecule has 0 atom stereocenters. The fourth-order valence-electron chi connectivity index (χ4n) is 7.28. The molecule has 2 aliphatic rings. The van der Waals surface area contributed by atoms with Crippen LogP contribution >= 0.6 is 0 Å². The van der Waals surface area contributed by atoms with Crippen molar-refractivity contribution in [1.29, 1.82) is 0 Å². The minimum atomic E-state index is 0.273. The smallest absolute Gasteiger partial charge is 0.293 e. The average molecular weight is 668 g/mol. The third kappa shape index (κ3) is 30.8. The van der Waals surface area contributed by atoms with Crippen molar-refractivity contribution in [3.05, 3.63) is 0 Å². The minimum Gasteiger partial charge on any atom is -0.468 e. The molecule has 1 N–H and O–H groups in total. The molecule has 6 nitrogen and oxygen atoms in total. The maximum absolute atomic E-state index is 10.2. The molecule has 0 aromatic rings. The van der Waals surface area contributed by atoms with E-state index in [9.17, 15) is 9.59 Å². The van der Waals surface area contributed by atoms with E-state index in [-0.39, 0.29) is 6.61 Å². The highest BCUT2D eigenvalue weighted by Gasteiger charge is 2.28. The Labute approximate surface area is 292 Å². The molecule has 2 aliphatic carbocycles. The van der Waals surface area contributed by atoms with E-state index in [1.165, 1.54) is 161 Å². The Bertz CT molecular complexity index is 619. The SMILES string of the molecule is CCCCCCCCCOC=O.CCCCCCCCN(CCO)CCCCCCCC=O.COC1CCC(C2CCCCC2)CC1. The van der Waals surface area contributed by atoms with Crippen LogP contribution in [0, 0.1) is 11.8 Å². The topological polar surface area (TPSA) is 76.1 Å². The van der Waals surface area contributed by atoms with Gasteiger partial charge >= 0.3 is 0 Å². The predicted octanol–water partition coefficient (Wildman–Crippen LogP) is 10.9. The van der Waals surface area contributed by atoms with E-state index in [0.717, 1.165) is 50.6 Å². The number of ether oxygens (including phenoxy) is 2. The average Bonchev–Trinajstić information content (AvgIpc) is 3.11. The number of carbonyl (C=O) groups is 2. The number of unbranched alkanes of at least 4 members (excludes halogenated alkanes) is 16. The summed E-state index contributed by atoms with van der Waals surface area (Å²) < 4.78 is 10.0. The van der Waals surface area contributed by atoms with Crippen molar-refractivity contribution < 1.29 is 24.2 Å². The predicted molar refractivity (Wildman–Crippen MR) is 200 cm³/mol. The number of aliphatic hydroxyl groups excluding tert-OH is 1. The van der Waals surface area contributed by atoms with Gasteiger partial charge in [0.25, 0.3) is 6.47 Å². The zero-order chi connectivity index (χ0) is 34.5. The molecule has 0 aromatic carbocycles. The molecule has 0 saturated heterocycles. The van der Waals surface area contributed by atoms with Crippen molar-refractivity contribution in [2.24, 2.45) is 11.8 Å². The third-order valence-corrected chi connectivity index (χ3v) is 10.3. The van der Waals surface area contributed by atoms with Gasteiger partial charge in [0.1, 0.15) is 6.29 Å². The van der Waals surface area contributed by atoms with E-state index in [1.807, 2.05) is 7.11 Å². The Kier molecular flexibility index (Phi) is 37.0. The standard InChI is InChI=1S/C18H37NO2.C13H24O.C10H20O2/c1-2-3-4-5-8-11-14-19(16-18-21)15-12-9-6-7-10-13-17-20;1-14-13-9-7-12(8-10-13)11-5-3-2-4-6-11;1-2-3-4-5-6-7-8-9-12-10-11/h17,21H,2-16,18H2,1H3;11-13H,2-10H2,1H3;10H,2-9H2,1H3. The lowest BCUT2D eigenvalue weighted by Gasteiger charge is -2.35. The van der Waals surface area contributed by atoms with Gasteiger partial charge in [-0.3, -0.25) is 4.79 Å². The van der Waals surface area contributed by atoms with E-state index in [2.05, 4.69) is 23.5 Å². The third-order valence-electron chi connectivity index (χ3n) is 10.3. The van der Waals surface area contributed by atoms with E-state index in [4.69, 9.17) is 9.84 Å². The summed E-state index contributed by atoms with van der Waals surface area (Å²) >= 11 is 0. The molecule has 0 unspecified atom stereocenters. The number of aldehydes is 1. The summed E-state index contributed by atoms with van der Waals surface area (Å²) in [5.74, 6) is 2.11. The van der Waals surface area contributed by atoms with Gasteiger partial charge in [0, 0.05) is 20.1 Å². The van der Waals surface area contributed by atoms with Crippen LogP contribution < -0.4 is 0 Å². The van der Waals surface area contributed by atoms with Crippen molar-refractivity contribution >= 4 is 12.8 Å². The molecular formula is C41H81NO5. The van der Waals surface area contributed by atoms with Crippen LogP contribution in [0.3, 0.4) is 0 Å². The number of hydrogen-bond donors (Lipinski definition) is 1. The fraction of sp³-hybridized carbons (Fsp3) is 0.951. The highest BCUT2D eigenvalue weighted by Crippen LogP contribution is 2.38. The molecule has 0 aliphatic heterocycles. The Morgan fingerprint density at radius 3 is 1.57 bits per heavy atom. The zero-order valence-electron chi connectivity index (χ0n) is 31.7.